The van der Waals surface area contributed by atoms with Crippen LogP contribution in [0.25, 0.3) is 0 Å². The number of ether oxygens (including phenoxy) is 2. The molecule has 0 spiro atoms. The molecule has 0 fully saturated rings. The Hall–Kier alpha value is -2.56. The summed E-state index contributed by atoms with van der Waals surface area (Å²) in [6.45, 7) is 0. The molecule has 20 heavy (non-hydrogen) atoms. The Morgan fingerprint density at radius 1 is 1.10 bits per heavy atom. The van der Waals surface area contributed by atoms with Crippen molar-refractivity contribution in [1.82, 2.24) is 0 Å². The first-order valence-corrected chi connectivity index (χ1v) is 5.93. The molecule has 0 aliphatic heterocycles. The zero-order valence-corrected chi connectivity index (χ0v) is 11.1. The molecular weight excluding hydrogens is 261 g/mol. The molecule has 0 saturated carbocycles. The number of hydrogen-bond donors (Lipinski definition) is 1. The minimum Gasteiger partial charge on any atom is -0.497 e. The van der Waals surface area contributed by atoms with Gasteiger partial charge in [0.25, 0.3) is 5.91 Å². The SMILES string of the molecule is COc1cccc(C(=O)Nc2ccc(F)cc2OC)c1. The third-order valence-corrected chi connectivity index (χ3v) is 2.74. The van der Waals surface area contributed by atoms with E-state index in [9.17, 15) is 9.18 Å². The average molecular weight is 275 g/mol. The molecule has 0 aliphatic carbocycles. The molecule has 0 saturated heterocycles. The maximum atomic E-state index is 13.1. The van der Waals surface area contributed by atoms with Crippen molar-refractivity contribution in [1.29, 1.82) is 0 Å². The van der Waals surface area contributed by atoms with Crippen molar-refractivity contribution < 1.29 is 18.7 Å². The van der Waals surface area contributed by atoms with E-state index < -0.39 is 5.82 Å². The molecule has 0 aliphatic rings. The van der Waals surface area contributed by atoms with Crippen LogP contribution in [0.1, 0.15) is 10.4 Å². The van der Waals surface area contributed by atoms with Crippen molar-refractivity contribution in [3.05, 3.63) is 53.8 Å². The van der Waals surface area contributed by atoms with Crippen LogP contribution in [0.2, 0.25) is 0 Å². The van der Waals surface area contributed by atoms with Crippen molar-refractivity contribution >= 4 is 11.6 Å². The number of hydrogen-bond acceptors (Lipinski definition) is 3. The van der Waals surface area contributed by atoms with E-state index in [2.05, 4.69) is 5.32 Å². The predicted molar refractivity (Wildman–Crippen MR) is 73.9 cm³/mol. The molecule has 104 valence electrons. The van der Waals surface area contributed by atoms with Gasteiger partial charge in [-0.1, -0.05) is 6.07 Å². The first-order valence-electron chi connectivity index (χ1n) is 5.93. The number of rotatable bonds is 4. The quantitative estimate of drug-likeness (QED) is 0.932. The molecule has 0 radical (unpaired) electrons. The summed E-state index contributed by atoms with van der Waals surface area (Å²) in [6.07, 6.45) is 0. The Labute approximate surface area is 116 Å². The maximum Gasteiger partial charge on any atom is 0.255 e. The van der Waals surface area contributed by atoms with Crippen molar-refractivity contribution in [3.8, 4) is 11.5 Å². The summed E-state index contributed by atoms with van der Waals surface area (Å²) in [5.41, 5.74) is 0.845. The summed E-state index contributed by atoms with van der Waals surface area (Å²) in [4.78, 5) is 12.1. The summed E-state index contributed by atoms with van der Waals surface area (Å²) >= 11 is 0. The lowest BCUT2D eigenvalue weighted by molar-refractivity contribution is 0.102. The van der Waals surface area contributed by atoms with Gasteiger partial charge < -0.3 is 14.8 Å². The number of halogens is 1. The minimum absolute atomic E-state index is 0.265. The van der Waals surface area contributed by atoms with Crippen LogP contribution in [0.4, 0.5) is 10.1 Å². The molecule has 0 heterocycles. The Balaban J connectivity index is 2.23. The minimum atomic E-state index is -0.429. The Bertz CT molecular complexity index is 628. The molecule has 2 rings (SSSR count). The summed E-state index contributed by atoms with van der Waals surface area (Å²) in [5, 5.41) is 2.67. The number of nitrogens with one attached hydrogen (secondary N) is 1. The predicted octanol–water partition coefficient (Wildman–Crippen LogP) is 3.10. The zero-order valence-electron chi connectivity index (χ0n) is 11.1. The summed E-state index contributed by atoms with van der Waals surface area (Å²) in [5.74, 6) is 0.0972. The van der Waals surface area contributed by atoms with Gasteiger partial charge in [0.2, 0.25) is 0 Å². The molecule has 2 aromatic rings. The number of amides is 1. The largest absolute Gasteiger partial charge is 0.497 e. The number of carbonyl (C=O) groups is 1. The highest BCUT2D eigenvalue weighted by Gasteiger charge is 2.11. The third-order valence-electron chi connectivity index (χ3n) is 2.74. The van der Waals surface area contributed by atoms with E-state index in [1.54, 1.807) is 24.3 Å². The standard InChI is InChI=1S/C15H14FNO3/c1-19-12-5-3-4-10(8-12)15(18)17-13-7-6-11(16)9-14(13)20-2/h3-9H,1-2H3,(H,17,18). The lowest BCUT2D eigenvalue weighted by Gasteiger charge is -2.10. The fourth-order valence-corrected chi connectivity index (χ4v) is 1.73. The number of methoxy groups -OCH3 is 2. The van der Waals surface area contributed by atoms with Gasteiger partial charge >= 0.3 is 0 Å². The van der Waals surface area contributed by atoms with E-state index in [1.165, 1.54) is 32.4 Å². The monoisotopic (exact) mass is 275 g/mol. The smallest absolute Gasteiger partial charge is 0.255 e. The van der Waals surface area contributed by atoms with Crippen molar-refractivity contribution in [2.45, 2.75) is 0 Å². The topological polar surface area (TPSA) is 47.6 Å². The van der Waals surface area contributed by atoms with Gasteiger partial charge in [-0.3, -0.25) is 4.79 Å². The van der Waals surface area contributed by atoms with Gasteiger partial charge in [0.1, 0.15) is 17.3 Å². The fourth-order valence-electron chi connectivity index (χ4n) is 1.73. The highest BCUT2D eigenvalue weighted by molar-refractivity contribution is 6.05. The second-order valence-electron chi connectivity index (χ2n) is 4.03. The molecular formula is C15H14FNO3. The van der Waals surface area contributed by atoms with Gasteiger partial charge in [0, 0.05) is 11.6 Å². The lowest BCUT2D eigenvalue weighted by Crippen LogP contribution is -2.12. The molecule has 5 heteroatoms. The highest BCUT2D eigenvalue weighted by atomic mass is 19.1. The van der Waals surface area contributed by atoms with Crippen LogP contribution in [0, 0.1) is 5.82 Å². The lowest BCUT2D eigenvalue weighted by atomic mass is 10.2. The molecule has 4 nitrogen and oxygen atoms in total. The van der Waals surface area contributed by atoms with Gasteiger partial charge in [-0.2, -0.15) is 0 Å². The van der Waals surface area contributed by atoms with Crippen LogP contribution in [0.15, 0.2) is 42.5 Å². The number of carbonyl (C=O) groups excluding carboxylic acids is 1. The van der Waals surface area contributed by atoms with Gasteiger partial charge in [-0.15, -0.1) is 0 Å². The summed E-state index contributed by atoms with van der Waals surface area (Å²) in [6, 6.07) is 10.7. The van der Waals surface area contributed by atoms with Crippen LogP contribution in [0.5, 0.6) is 11.5 Å². The Morgan fingerprint density at radius 2 is 1.90 bits per heavy atom. The third kappa shape index (κ3) is 3.06. The molecule has 0 bridgehead atoms. The molecule has 2 aromatic carbocycles. The number of benzene rings is 2. The van der Waals surface area contributed by atoms with Crippen LogP contribution < -0.4 is 14.8 Å². The zero-order chi connectivity index (χ0) is 14.5. The summed E-state index contributed by atoms with van der Waals surface area (Å²) in [7, 11) is 2.94. The molecule has 0 atom stereocenters. The van der Waals surface area contributed by atoms with Crippen LogP contribution in [0.3, 0.4) is 0 Å². The molecule has 1 amide bonds. The van der Waals surface area contributed by atoms with E-state index in [-0.39, 0.29) is 11.7 Å². The van der Waals surface area contributed by atoms with E-state index in [0.29, 0.717) is 17.0 Å². The number of anilines is 1. The maximum absolute atomic E-state index is 13.1. The summed E-state index contributed by atoms with van der Waals surface area (Å²) < 4.78 is 23.2. The average Bonchev–Trinajstić information content (AvgIpc) is 2.49. The first kappa shape index (κ1) is 13.9. The second kappa shape index (κ2) is 6.06. The fraction of sp³-hybridized carbons (Fsp3) is 0.133. The van der Waals surface area contributed by atoms with Gasteiger partial charge in [-0.25, -0.2) is 4.39 Å². The van der Waals surface area contributed by atoms with Crippen molar-refractivity contribution in [2.24, 2.45) is 0 Å². The van der Waals surface area contributed by atoms with E-state index in [0.717, 1.165) is 0 Å². The van der Waals surface area contributed by atoms with Crippen LogP contribution >= 0.6 is 0 Å². The van der Waals surface area contributed by atoms with E-state index in [1.807, 2.05) is 0 Å². The van der Waals surface area contributed by atoms with Crippen LogP contribution in [-0.4, -0.2) is 20.1 Å². The highest BCUT2D eigenvalue weighted by Crippen LogP contribution is 2.25. The van der Waals surface area contributed by atoms with E-state index in [4.69, 9.17) is 9.47 Å². The van der Waals surface area contributed by atoms with Gasteiger partial charge in [0.15, 0.2) is 0 Å². The van der Waals surface area contributed by atoms with Crippen molar-refractivity contribution in [3.63, 3.8) is 0 Å². The second-order valence-corrected chi connectivity index (χ2v) is 4.03. The van der Waals surface area contributed by atoms with Gasteiger partial charge in [-0.05, 0) is 30.3 Å². The first-order chi connectivity index (χ1) is 9.63. The Morgan fingerprint density at radius 3 is 2.60 bits per heavy atom. The molecule has 0 unspecified atom stereocenters. The van der Waals surface area contributed by atoms with E-state index >= 15 is 0 Å². The Kier molecular flexibility index (Phi) is 4.20. The van der Waals surface area contributed by atoms with Crippen LogP contribution in [-0.2, 0) is 0 Å². The van der Waals surface area contributed by atoms with Crippen molar-refractivity contribution in [2.75, 3.05) is 19.5 Å². The van der Waals surface area contributed by atoms with Gasteiger partial charge in [0.05, 0.1) is 19.9 Å². The molecule has 0 aromatic heterocycles. The normalized spacial score (nSPS) is 9.95. The molecule has 1 N–H and O–H groups in total.